The first-order valence-corrected chi connectivity index (χ1v) is 7.95. The molecule has 0 aliphatic carbocycles. The molecule has 0 aliphatic heterocycles. The van der Waals surface area contributed by atoms with Gasteiger partial charge in [-0.05, 0) is 31.0 Å². The SMILES string of the molecule is O=C(O)CCCc1csc(NC(=O)c2cccc(Br)c2)n1. The van der Waals surface area contributed by atoms with Crippen LogP contribution in [0.3, 0.4) is 0 Å². The molecule has 0 saturated carbocycles. The second kappa shape index (κ2) is 7.33. The number of carboxylic acids is 1. The molecule has 0 radical (unpaired) electrons. The molecular formula is C14H13BrN2O3S. The largest absolute Gasteiger partial charge is 0.481 e. The van der Waals surface area contributed by atoms with E-state index in [-0.39, 0.29) is 12.3 Å². The Labute approximate surface area is 134 Å². The Morgan fingerprint density at radius 1 is 1.38 bits per heavy atom. The van der Waals surface area contributed by atoms with Gasteiger partial charge in [0, 0.05) is 21.8 Å². The van der Waals surface area contributed by atoms with Gasteiger partial charge in [-0.25, -0.2) is 4.98 Å². The second-order valence-corrected chi connectivity index (χ2v) is 6.13. The van der Waals surface area contributed by atoms with Crippen LogP contribution in [-0.4, -0.2) is 22.0 Å². The van der Waals surface area contributed by atoms with Crippen molar-refractivity contribution in [3.8, 4) is 0 Å². The Morgan fingerprint density at radius 3 is 2.90 bits per heavy atom. The van der Waals surface area contributed by atoms with Crippen molar-refractivity contribution in [2.24, 2.45) is 0 Å². The van der Waals surface area contributed by atoms with Gasteiger partial charge in [0.1, 0.15) is 0 Å². The van der Waals surface area contributed by atoms with Crippen molar-refractivity contribution in [1.29, 1.82) is 0 Å². The summed E-state index contributed by atoms with van der Waals surface area (Å²) in [6.07, 6.45) is 1.25. The number of aliphatic carboxylic acids is 1. The number of halogens is 1. The number of thiazole rings is 1. The zero-order valence-corrected chi connectivity index (χ0v) is 13.4. The topological polar surface area (TPSA) is 79.3 Å². The lowest BCUT2D eigenvalue weighted by atomic mass is 10.2. The van der Waals surface area contributed by atoms with Crippen LogP contribution in [0.5, 0.6) is 0 Å². The maximum absolute atomic E-state index is 12.0. The van der Waals surface area contributed by atoms with E-state index in [4.69, 9.17) is 5.11 Å². The molecule has 1 aromatic heterocycles. The molecule has 21 heavy (non-hydrogen) atoms. The van der Waals surface area contributed by atoms with Gasteiger partial charge < -0.3 is 5.11 Å². The summed E-state index contributed by atoms with van der Waals surface area (Å²) in [4.78, 5) is 26.8. The highest BCUT2D eigenvalue weighted by atomic mass is 79.9. The molecule has 0 spiro atoms. The molecule has 0 fully saturated rings. The molecule has 0 atom stereocenters. The van der Waals surface area contributed by atoms with Crippen LogP contribution in [0.25, 0.3) is 0 Å². The van der Waals surface area contributed by atoms with Gasteiger partial charge in [-0.15, -0.1) is 11.3 Å². The summed E-state index contributed by atoms with van der Waals surface area (Å²) in [6, 6.07) is 7.09. The third-order valence-electron chi connectivity index (χ3n) is 2.68. The van der Waals surface area contributed by atoms with Gasteiger partial charge in [0.2, 0.25) is 0 Å². The van der Waals surface area contributed by atoms with Crippen LogP contribution in [0.4, 0.5) is 5.13 Å². The van der Waals surface area contributed by atoms with Crippen LogP contribution in [0.15, 0.2) is 34.1 Å². The number of rotatable bonds is 6. The quantitative estimate of drug-likeness (QED) is 0.816. The number of carbonyl (C=O) groups is 2. The molecule has 0 bridgehead atoms. The second-order valence-electron chi connectivity index (χ2n) is 4.36. The fourth-order valence-corrected chi connectivity index (χ4v) is 2.84. The average molecular weight is 369 g/mol. The van der Waals surface area contributed by atoms with Crippen molar-refractivity contribution in [2.45, 2.75) is 19.3 Å². The predicted octanol–water partition coefficient (Wildman–Crippen LogP) is 3.57. The number of hydrogen-bond acceptors (Lipinski definition) is 4. The molecule has 110 valence electrons. The van der Waals surface area contributed by atoms with E-state index in [0.29, 0.717) is 23.5 Å². The molecule has 0 aliphatic rings. The zero-order valence-electron chi connectivity index (χ0n) is 11.0. The summed E-state index contributed by atoms with van der Waals surface area (Å²) in [7, 11) is 0. The van der Waals surface area contributed by atoms with Crippen molar-refractivity contribution in [2.75, 3.05) is 5.32 Å². The highest BCUT2D eigenvalue weighted by molar-refractivity contribution is 9.10. The monoisotopic (exact) mass is 368 g/mol. The lowest BCUT2D eigenvalue weighted by molar-refractivity contribution is -0.137. The number of nitrogens with one attached hydrogen (secondary N) is 1. The molecule has 2 N–H and O–H groups in total. The number of anilines is 1. The summed E-state index contributed by atoms with van der Waals surface area (Å²) in [5, 5.41) is 13.7. The Kier molecular flexibility index (Phi) is 5.46. The van der Waals surface area contributed by atoms with E-state index in [9.17, 15) is 9.59 Å². The van der Waals surface area contributed by atoms with E-state index in [0.717, 1.165) is 10.2 Å². The van der Waals surface area contributed by atoms with Crippen molar-refractivity contribution in [1.82, 2.24) is 4.98 Å². The van der Waals surface area contributed by atoms with E-state index in [1.165, 1.54) is 11.3 Å². The fourth-order valence-electron chi connectivity index (χ4n) is 1.70. The van der Waals surface area contributed by atoms with E-state index >= 15 is 0 Å². The number of benzene rings is 1. The first kappa shape index (κ1) is 15.7. The molecular weight excluding hydrogens is 356 g/mol. The van der Waals surface area contributed by atoms with Crippen LogP contribution in [-0.2, 0) is 11.2 Å². The van der Waals surface area contributed by atoms with E-state index < -0.39 is 5.97 Å². The standard InChI is InChI=1S/C14H13BrN2O3S/c15-10-4-1-3-9(7-10)13(20)17-14-16-11(8-21-14)5-2-6-12(18)19/h1,3-4,7-8H,2,5-6H2,(H,18,19)(H,16,17,20). The molecule has 2 rings (SSSR count). The minimum absolute atomic E-state index is 0.122. The average Bonchev–Trinajstić information content (AvgIpc) is 2.86. The summed E-state index contributed by atoms with van der Waals surface area (Å²) in [5.74, 6) is -1.03. The van der Waals surface area contributed by atoms with Gasteiger partial charge in [-0.1, -0.05) is 22.0 Å². The van der Waals surface area contributed by atoms with Crippen molar-refractivity contribution in [3.63, 3.8) is 0 Å². The smallest absolute Gasteiger partial charge is 0.303 e. The summed E-state index contributed by atoms with van der Waals surface area (Å²) in [5.41, 5.74) is 1.35. The van der Waals surface area contributed by atoms with E-state index in [1.54, 1.807) is 18.2 Å². The molecule has 0 saturated heterocycles. The minimum atomic E-state index is -0.812. The van der Waals surface area contributed by atoms with Gasteiger partial charge >= 0.3 is 5.97 Å². The van der Waals surface area contributed by atoms with Gasteiger partial charge in [0.05, 0.1) is 5.69 Å². The highest BCUT2D eigenvalue weighted by Gasteiger charge is 2.09. The van der Waals surface area contributed by atoms with Gasteiger partial charge in [0.15, 0.2) is 5.13 Å². The number of nitrogens with zero attached hydrogens (tertiary/aromatic N) is 1. The number of aromatic nitrogens is 1. The van der Waals surface area contributed by atoms with Crippen LogP contribution in [0, 0.1) is 0 Å². The molecule has 1 aromatic carbocycles. The summed E-state index contributed by atoms with van der Waals surface area (Å²) < 4.78 is 0.837. The third-order valence-corrected chi connectivity index (χ3v) is 3.98. The predicted molar refractivity (Wildman–Crippen MR) is 84.8 cm³/mol. The normalized spacial score (nSPS) is 10.3. The third kappa shape index (κ3) is 4.95. The van der Waals surface area contributed by atoms with E-state index in [2.05, 4.69) is 26.2 Å². The van der Waals surface area contributed by atoms with E-state index in [1.807, 2.05) is 11.4 Å². The fraction of sp³-hybridized carbons (Fsp3) is 0.214. The number of carboxylic acid groups (broad SMARTS) is 1. The maximum Gasteiger partial charge on any atom is 0.303 e. The minimum Gasteiger partial charge on any atom is -0.481 e. The first-order chi connectivity index (χ1) is 10.0. The van der Waals surface area contributed by atoms with Crippen molar-refractivity contribution < 1.29 is 14.7 Å². The van der Waals surface area contributed by atoms with Gasteiger partial charge in [0.25, 0.3) is 5.91 Å². The number of amides is 1. The number of carbonyl (C=O) groups excluding carboxylic acids is 1. The Hall–Kier alpha value is -1.73. The van der Waals surface area contributed by atoms with Crippen LogP contribution in [0.2, 0.25) is 0 Å². The maximum atomic E-state index is 12.0. The van der Waals surface area contributed by atoms with Crippen LogP contribution < -0.4 is 5.32 Å². The Bertz CT molecular complexity index is 657. The molecule has 1 heterocycles. The lowest BCUT2D eigenvalue weighted by Crippen LogP contribution is -2.11. The Morgan fingerprint density at radius 2 is 2.19 bits per heavy atom. The Balaban J connectivity index is 1.93. The van der Waals surface area contributed by atoms with Crippen LogP contribution in [0.1, 0.15) is 28.9 Å². The lowest BCUT2D eigenvalue weighted by Gasteiger charge is -2.02. The summed E-state index contributed by atoms with van der Waals surface area (Å²) in [6.45, 7) is 0. The van der Waals surface area contributed by atoms with Gasteiger partial charge in [-0.2, -0.15) is 0 Å². The van der Waals surface area contributed by atoms with Crippen molar-refractivity contribution >= 4 is 44.3 Å². The molecule has 7 heteroatoms. The highest BCUT2D eigenvalue weighted by Crippen LogP contribution is 2.19. The van der Waals surface area contributed by atoms with Gasteiger partial charge in [-0.3, -0.25) is 14.9 Å². The van der Waals surface area contributed by atoms with Crippen molar-refractivity contribution in [3.05, 3.63) is 45.4 Å². The van der Waals surface area contributed by atoms with Crippen LogP contribution >= 0.6 is 27.3 Å². The first-order valence-electron chi connectivity index (χ1n) is 6.28. The summed E-state index contributed by atoms with van der Waals surface area (Å²) >= 11 is 4.65. The zero-order chi connectivity index (χ0) is 15.2. The number of hydrogen-bond donors (Lipinski definition) is 2. The molecule has 2 aromatic rings. The number of aryl methyl sites for hydroxylation is 1. The molecule has 0 unspecified atom stereocenters. The molecule has 5 nitrogen and oxygen atoms in total. The molecule has 1 amide bonds.